The Labute approximate surface area is 178 Å². The van der Waals surface area contributed by atoms with Crippen molar-refractivity contribution in [1.29, 1.82) is 0 Å². The van der Waals surface area contributed by atoms with Gasteiger partial charge in [-0.25, -0.2) is 0 Å². The zero-order chi connectivity index (χ0) is 21.3. The minimum atomic E-state index is -0.0159. The zero-order valence-corrected chi connectivity index (χ0v) is 17.9. The number of hydrogen-bond donors (Lipinski definition) is 1. The van der Waals surface area contributed by atoms with Crippen molar-refractivity contribution in [2.75, 3.05) is 45.3 Å². The Hall–Kier alpha value is -3.22. The number of methoxy groups -OCH3 is 1. The molecule has 3 rings (SSSR count). The number of anilines is 1. The van der Waals surface area contributed by atoms with Crippen LogP contribution in [0.4, 0.5) is 5.69 Å². The first kappa shape index (κ1) is 21.5. The first-order chi connectivity index (χ1) is 14.6. The highest BCUT2D eigenvalue weighted by atomic mass is 16.5. The molecule has 1 N–H and O–H groups in total. The molecule has 1 heterocycles. The van der Waals surface area contributed by atoms with E-state index in [-0.39, 0.29) is 12.5 Å². The fraction of sp³-hybridized carbons (Fsp3) is 0.391. The molecule has 1 amide bonds. The van der Waals surface area contributed by atoms with Gasteiger partial charge in [0.1, 0.15) is 11.5 Å². The number of para-hydroxylation sites is 3. The topological polar surface area (TPSA) is 66.4 Å². The van der Waals surface area contributed by atoms with Crippen molar-refractivity contribution in [3.63, 3.8) is 0 Å². The van der Waals surface area contributed by atoms with Gasteiger partial charge in [-0.05, 0) is 31.5 Å². The van der Waals surface area contributed by atoms with Crippen molar-refractivity contribution in [2.24, 2.45) is 4.99 Å². The zero-order valence-electron chi connectivity index (χ0n) is 17.9. The molecule has 2 aromatic carbocycles. The van der Waals surface area contributed by atoms with E-state index in [0.717, 1.165) is 41.7 Å². The van der Waals surface area contributed by atoms with Gasteiger partial charge < -0.3 is 24.6 Å². The van der Waals surface area contributed by atoms with Crippen LogP contribution in [0, 0.1) is 0 Å². The molecule has 160 valence electrons. The van der Waals surface area contributed by atoms with Crippen LogP contribution in [0.5, 0.6) is 11.5 Å². The summed E-state index contributed by atoms with van der Waals surface area (Å²) >= 11 is 0. The minimum absolute atomic E-state index is 0.0159. The molecule has 1 aliphatic rings. The lowest BCUT2D eigenvalue weighted by atomic mass is 10.2. The van der Waals surface area contributed by atoms with Crippen molar-refractivity contribution in [2.45, 2.75) is 19.9 Å². The number of carbonyl (C=O) groups is 1. The lowest BCUT2D eigenvalue weighted by molar-refractivity contribution is -0.121. The molecule has 7 heteroatoms. The van der Waals surface area contributed by atoms with Crippen LogP contribution in [0.25, 0.3) is 0 Å². The number of carbonyl (C=O) groups excluding carboxylic acids is 1. The van der Waals surface area contributed by atoms with Gasteiger partial charge in [0.05, 0.1) is 12.8 Å². The Morgan fingerprint density at radius 3 is 2.80 bits per heavy atom. The van der Waals surface area contributed by atoms with Crippen molar-refractivity contribution < 1.29 is 14.3 Å². The van der Waals surface area contributed by atoms with Crippen LogP contribution in [0.3, 0.4) is 0 Å². The van der Waals surface area contributed by atoms with E-state index < -0.39 is 0 Å². The van der Waals surface area contributed by atoms with Crippen molar-refractivity contribution in [3.8, 4) is 11.5 Å². The summed E-state index contributed by atoms with van der Waals surface area (Å²) in [5.74, 6) is 2.44. The fourth-order valence-electron chi connectivity index (χ4n) is 3.45. The van der Waals surface area contributed by atoms with Gasteiger partial charge in [-0.1, -0.05) is 30.3 Å². The van der Waals surface area contributed by atoms with E-state index >= 15 is 0 Å². The number of nitrogens with zero attached hydrogens (tertiary/aromatic N) is 3. The highest BCUT2D eigenvalue weighted by molar-refractivity contribution is 5.97. The second-order valence-corrected chi connectivity index (χ2v) is 7.06. The third-order valence-corrected chi connectivity index (χ3v) is 4.91. The standard InChI is InChI=1S/C23H30N4O3/c1-4-24-23(26(2)16-18-10-5-7-12-20(18)29-3)25-14-9-15-27-19-11-6-8-13-21(19)30-17-22(27)28/h5-8,10-13H,4,9,14-17H2,1-3H3,(H,24,25). The van der Waals surface area contributed by atoms with Crippen LogP contribution < -0.4 is 19.7 Å². The molecule has 30 heavy (non-hydrogen) atoms. The Morgan fingerprint density at radius 2 is 2.00 bits per heavy atom. The maximum absolute atomic E-state index is 12.3. The molecule has 0 saturated heterocycles. The molecule has 0 aliphatic carbocycles. The van der Waals surface area contributed by atoms with Gasteiger partial charge in [0.2, 0.25) is 0 Å². The van der Waals surface area contributed by atoms with E-state index in [4.69, 9.17) is 14.5 Å². The predicted molar refractivity (Wildman–Crippen MR) is 119 cm³/mol. The lowest BCUT2D eigenvalue weighted by Gasteiger charge is -2.29. The van der Waals surface area contributed by atoms with Crippen LogP contribution >= 0.6 is 0 Å². The van der Waals surface area contributed by atoms with E-state index in [2.05, 4.69) is 23.2 Å². The van der Waals surface area contributed by atoms with Crippen molar-refractivity contribution in [3.05, 3.63) is 54.1 Å². The third kappa shape index (κ3) is 5.23. The summed E-state index contributed by atoms with van der Waals surface area (Å²) in [4.78, 5) is 20.9. The predicted octanol–water partition coefficient (Wildman–Crippen LogP) is 2.91. The highest BCUT2D eigenvalue weighted by Crippen LogP contribution is 2.31. The summed E-state index contributed by atoms with van der Waals surface area (Å²) in [7, 11) is 3.69. The number of ether oxygens (including phenoxy) is 2. The molecule has 2 aromatic rings. The highest BCUT2D eigenvalue weighted by Gasteiger charge is 2.24. The van der Waals surface area contributed by atoms with Crippen molar-refractivity contribution >= 4 is 17.6 Å². The Bertz CT molecular complexity index is 884. The van der Waals surface area contributed by atoms with Gasteiger partial charge in [0.15, 0.2) is 12.6 Å². The maximum atomic E-state index is 12.3. The van der Waals surface area contributed by atoms with E-state index in [1.807, 2.05) is 49.5 Å². The van der Waals surface area contributed by atoms with Crippen LogP contribution in [-0.4, -0.2) is 57.2 Å². The number of benzene rings is 2. The fourth-order valence-corrected chi connectivity index (χ4v) is 3.45. The number of rotatable bonds is 8. The molecule has 0 saturated carbocycles. The van der Waals surface area contributed by atoms with Crippen LogP contribution in [0.2, 0.25) is 0 Å². The number of fused-ring (bicyclic) bond motifs is 1. The molecule has 7 nitrogen and oxygen atoms in total. The van der Waals surface area contributed by atoms with Crippen LogP contribution in [0.15, 0.2) is 53.5 Å². The summed E-state index contributed by atoms with van der Waals surface area (Å²) in [6.45, 7) is 4.83. The van der Waals surface area contributed by atoms with E-state index in [0.29, 0.717) is 19.6 Å². The van der Waals surface area contributed by atoms with Gasteiger partial charge in [0, 0.05) is 38.8 Å². The normalized spacial score (nSPS) is 13.5. The lowest BCUT2D eigenvalue weighted by Crippen LogP contribution is -2.40. The summed E-state index contributed by atoms with van der Waals surface area (Å²) in [5.41, 5.74) is 1.93. The Morgan fingerprint density at radius 1 is 1.23 bits per heavy atom. The molecular formula is C23H30N4O3. The largest absolute Gasteiger partial charge is 0.496 e. The van der Waals surface area contributed by atoms with E-state index in [1.54, 1.807) is 12.0 Å². The van der Waals surface area contributed by atoms with Gasteiger partial charge in [0.25, 0.3) is 5.91 Å². The number of nitrogens with one attached hydrogen (secondary N) is 1. The molecule has 0 bridgehead atoms. The summed E-state index contributed by atoms with van der Waals surface area (Å²) in [6.07, 6.45) is 0.761. The number of hydrogen-bond acceptors (Lipinski definition) is 4. The van der Waals surface area contributed by atoms with E-state index in [1.165, 1.54) is 0 Å². The maximum Gasteiger partial charge on any atom is 0.265 e. The summed E-state index contributed by atoms with van der Waals surface area (Å²) in [6, 6.07) is 15.6. The number of guanidine groups is 1. The molecular weight excluding hydrogens is 380 g/mol. The molecule has 0 unspecified atom stereocenters. The minimum Gasteiger partial charge on any atom is -0.496 e. The van der Waals surface area contributed by atoms with Gasteiger partial charge in [-0.3, -0.25) is 9.79 Å². The van der Waals surface area contributed by atoms with Crippen molar-refractivity contribution in [1.82, 2.24) is 10.2 Å². The number of aliphatic imine (C=N–C) groups is 1. The molecule has 0 atom stereocenters. The average molecular weight is 411 g/mol. The smallest absolute Gasteiger partial charge is 0.265 e. The molecule has 0 fully saturated rings. The Balaban J connectivity index is 1.60. The first-order valence-electron chi connectivity index (χ1n) is 10.3. The summed E-state index contributed by atoms with van der Waals surface area (Å²) in [5, 5.41) is 3.34. The molecule has 0 spiro atoms. The molecule has 0 radical (unpaired) electrons. The molecule has 1 aliphatic heterocycles. The number of amides is 1. The molecule has 0 aromatic heterocycles. The van der Waals surface area contributed by atoms with E-state index in [9.17, 15) is 4.79 Å². The first-order valence-corrected chi connectivity index (χ1v) is 10.3. The second kappa shape index (κ2) is 10.5. The van der Waals surface area contributed by atoms with Gasteiger partial charge in [-0.15, -0.1) is 0 Å². The Kier molecular flexibility index (Phi) is 7.54. The SMILES string of the molecule is CCNC(=NCCCN1C(=O)COc2ccccc21)N(C)Cc1ccccc1OC. The van der Waals surface area contributed by atoms with Crippen LogP contribution in [0.1, 0.15) is 18.9 Å². The average Bonchev–Trinajstić information content (AvgIpc) is 2.77. The van der Waals surface area contributed by atoms with Crippen LogP contribution in [-0.2, 0) is 11.3 Å². The quantitative estimate of drug-likeness (QED) is 0.412. The summed E-state index contributed by atoms with van der Waals surface area (Å²) < 4.78 is 11.0. The van der Waals surface area contributed by atoms with Gasteiger partial charge >= 0.3 is 0 Å². The second-order valence-electron chi connectivity index (χ2n) is 7.06. The monoisotopic (exact) mass is 410 g/mol. The third-order valence-electron chi connectivity index (χ3n) is 4.91. The van der Waals surface area contributed by atoms with Gasteiger partial charge in [-0.2, -0.15) is 0 Å².